The zero-order valence-electron chi connectivity index (χ0n) is 12.8. The summed E-state index contributed by atoms with van der Waals surface area (Å²) in [6.07, 6.45) is 4.07. The van der Waals surface area contributed by atoms with Crippen LogP contribution in [0.2, 0.25) is 0 Å². The Morgan fingerprint density at radius 2 is 2.23 bits per heavy atom. The van der Waals surface area contributed by atoms with E-state index in [2.05, 4.69) is 34.9 Å². The summed E-state index contributed by atoms with van der Waals surface area (Å²) >= 11 is 1.97. The van der Waals surface area contributed by atoms with Gasteiger partial charge in [-0.1, -0.05) is 24.3 Å². The van der Waals surface area contributed by atoms with Crippen LogP contribution in [0.3, 0.4) is 0 Å². The number of benzene rings is 1. The highest BCUT2D eigenvalue weighted by atomic mass is 35.5. The SMILES string of the molecule is Cl.O=C(CCC1CCNC1)NCC1SCCc2ccccc21. The summed E-state index contributed by atoms with van der Waals surface area (Å²) in [6, 6.07) is 8.65. The van der Waals surface area contributed by atoms with Gasteiger partial charge in [-0.15, -0.1) is 12.4 Å². The van der Waals surface area contributed by atoms with Crippen molar-refractivity contribution in [2.75, 3.05) is 25.4 Å². The van der Waals surface area contributed by atoms with Crippen LogP contribution in [0.25, 0.3) is 0 Å². The predicted molar refractivity (Wildman–Crippen MR) is 95.8 cm³/mol. The summed E-state index contributed by atoms with van der Waals surface area (Å²) in [5.41, 5.74) is 2.86. The Bertz CT molecular complexity index is 491. The first-order valence-corrected chi connectivity index (χ1v) is 9.04. The lowest BCUT2D eigenvalue weighted by molar-refractivity contribution is -0.121. The molecule has 0 aromatic heterocycles. The van der Waals surface area contributed by atoms with E-state index in [-0.39, 0.29) is 18.3 Å². The molecule has 2 atom stereocenters. The van der Waals surface area contributed by atoms with Crippen LogP contribution in [0.5, 0.6) is 0 Å². The quantitative estimate of drug-likeness (QED) is 0.866. The molecule has 5 heteroatoms. The summed E-state index contributed by atoms with van der Waals surface area (Å²) in [7, 11) is 0. The second-order valence-corrected chi connectivity index (χ2v) is 7.32. The maximum atomic E-state index is 12.0. The van der Waals surface area contributed by atoms with Crippen molar-refractivity contribution in [1.29, 1.82) is 0 Å². The molecule has 0 spiro atoms. The maximum absolute atomic E-state index is 12.0. The van der Waals surface area contributed by atoms with Gasteiger partial charge in [0.05, 0.1) is 0 Å². The number of fused-ring (bicyclic) bond motifs is 1. The summed E-state index contributed by atoms with van der Waals surface area (Å²) in [4.78, 5) is 12.0. The Labute approximate surface area is 143 Å². The fourth-order valence-corrected chi connectivity index (χ4v) is 4.47. The van der Waals surface area contributed by atoms with Gasteiger partial charge in [0.25, 0.3) is 0 Å². The van der Waals surface area contributed by atoms with Gasteiger partial charge in [0.15, 0.2) is 0 Å². The third-order valence-corrected chi connectivity index (χ3v) is 5.78. The van der Waals surface area contributed by atoms with Crippen molar-refractivity contribution in [2.45, 2.75) is 30.9 Å². The second-order valence-electron chi connectivity index (χ2n) is 6.01. The number of carbonyl (C=O) groups excluding carboxylic acids is 1. The first-order valence-electron chi connectivity index (χ1n) is 8.00. The van der Waals surface area contributed by atoms with E-state index in [0.717, 1.165) is 38.2 Å². The van der Waals surface area contributed by atoms with Gasteiger partial charge in [0.2, 0.25) is 5.91 Å². The van der Waals surface area contributed by atoms with Gasteiger partial charge < -0.3 is 10.6 Å². The monoisotopic (exact) mass is 340 g/mol. The molecule has 2 heterocycles. The highest BCUT2D eigenvalue weighted by Crippen LogP contribution is 2.35. The minimum atomic E-state index is 0. The third-order valence-electron chi connectivity index (χ3n) is 4.52. The number of hydrogen-bond donors (Lipinski definition) is 2. The number of rotatable bonds is 5. The molecule has 2 aliphatic rings. The summed E-state index contributed by atoms with van der Waals surface area (Å²) in [6.45, 7) is 2.96. The van der Waals surface area contributed by atoms with E-state index in [0.29, 0.717) is 17.6 Å². The van der Waals surface area contributed by atoms with Crippen molar-refractivity contribution < 1.29 is 4.79 Å². The smallest absolute Gasteiger partial charge is 0.220 e. The van der Waals surface area contributed by atoms with E-state index in [1.165, 1.54) is 17.5 Å². The van der Waals surface area contributed by atoms with Crippen LogP contribution in [0.1, 0.15) is 35.6 Å². The Hall–Kier alpha value is -0.710. The molecule has 2 aliphatic heterocycles. The van der Waals surface area contributed by atoms with Crippen LogP contribution in [-0.4, -0.2) is 31.3 Å². The van der Waals surface area contributed by atoms with E-state index in [1.807, 2.05) is 11.8 Å². The molecule has 2 unspecified atom stereocenters. The van der Waals surface area contributed by atoms with Crippen LogP contribution in [0, 0.1) is 5.92 Å². The van der Waals surface area contributed by atoms with Crippen molar-refractivity contribution in [3.8, 4) is 0 Å². The lowest BCUT2D eigenvalue weighted by Crippen LogP contribution is -2.29. The van der Waals surface area contributed by atoms with Crippen molar-refractivity contribution in [3.05, 3.63) is 35.4 Å². The van der Waals surface area contributed by atoms with Gasteiger partial charge in [-0.2, -0.15) is 11.8 Å². The van der Waals surface area contributed by atoms with E-state index < -0.39 is 0 Å². The zero-order chi connectivity index (χ0) is 14.5. The van der Waals surface area contributed by atoms with Crippen LogP contribution >= 0.6 is 24.2 Å². The van der Waals surface area contributed by atoms with Crippen LogP contribution in [0.4, 0.5) is 0 Å². The fraction of sp³-hybridized carbons (Fsp3) is 0.588. The average molecular weight is 341 g/mol. The third kappa shape index (κ3) is 4.64. The van der Waals surface area contributed by atoms with E-state index >= 15 is 0 Å². The molecular weight excluding hydrogens is 316 g/mol. The number of halogens is 1. The molecule has 1 aromatic rings. The minimum absolute atomic E-state index is 0. The topological polar surface area (TPSA) is 41.1 Å². The normalized spacial score (nSPS) is 23.5. The highest BCUT2D eigenvalue weighted by Gasteiger charge is 2.21. The predicted octanol–water partition coefficient (Wildman–Crippen LogP) is 2.94. The van der Waals surface area contributed by atoms with Gasteiger partial charge in [-0.05, 0) is 55.1 Å². The Kier molecular flexibility index (Phi) is 7.06. The molecule has 0 aliphatic carbocycles. The van der Waals surface area contributed by atoms with Crippen molar-refractivity contribution in [1.82, 2.24) is 10.6 Å². The van der Waals surface area contributed by atoms with Gasteiger partial charge in [0, 0.05) is 18.2 Å². The lowest BCUT2D eigenvalue weighted by atomic mass is 10.0. The van der Waals surface area contributed by atoms with Gasteiger partial charge in [-0.25, -0.2) is 0 Å². The van der Waals surface area contributed by atoms with Crippen LogP contribution in [0.15, 0.2) is 24.3 Å². The van der Waals surface area contributed by atoms with Crippen LogP contribution in [-0.2, 0) is 11.2 Å². The Morgan fingerprint density at radius 3 is 3.05 bits per heavy atom. The minimum Gasteiger partial charge on any atom is -0.355 e. The maximum Gasteiger partial charge on any atom is 0.220 e. The van der Waals surface area contributed by atoms with Gasteiger partial charge >= 0.3 is 0 Å². The lowest BCUT2D eigenvalue weighted by Gasteiger charge is -2.25. The second kappa shape index (κ2) is 8.80. The summed E-state index contributed by atoms with van der Waals surface area (Å²) < 4.78 is 0. The molecule has 3 nitrogen and oxygen atoms in total. The molecule has 2 N–H and O–H groups in total. The zero-order valence-corrected chi connectivity index (χ0v) is 14.5. The largest absolute Gasteiger partial charge is 0.355 e. The Morgan fingerprint density at radius 1 is 1.36 bits per heavy atom. The number of thioether (sulfide) groups is 1. The Balaban J connectivity index is 0.00000176. The number of aryl methyl sites for hydroxylation is 1. The molecule has 122 valence electrons. The van der Waals surface area contributed by atoms with E-state index in [9.17, 15) is 4.79 Å². The molecule has 1 amide bonds. The summed E-state index contributed by atoms with van der Waals surface area (Å²) in [5.74, 6) is 2.07. The average Bonchev–Trinajstić information content (AvgIpc) is 3.04. The molecule has 22 heavy (non-hydrogen) atoms. The number of nitrogens with one attached hydrogen (secondary N) is 2. The molecule has 0 radical (unpaired) electrons. The van der Waals surface area contributed by atoms with Gasteiger partial charge in [-0.3, -0.25) is 4.79 Å². The highest BCUT2D eigenvalue weighted by molar-refractivity contribution is 7.99. The number of hydrogen-bond acceptors (Lipinski definition) is 3. The molecular formula is C17H25ClN2OS. The first-order chi connectivity index (χ1) is 10.3. The van der Waals surface area contributed by atoms with E-state index in [4.69, 9.17) is 0 Å². The molecule has 1 aromatic carbocycles. The first kappa shape index (κ1) is 17.6. The standard InChI is InChI=1S/C17H24N2OS.ClH/c20-17(6-5-13-7-9-18-11-13)19-12-16-15-4-2-1-3-14(15)8-10-21-16;/h1-4,13,16,18H,5-12H2,(H,19,20);1H. The fourth-order valence-electron chi connectivity index (χ4n) is 3.24. The van der Waals surface area contributed by atoms with Crippen molar-refractivity contribution >= 4 is 30.1 Å². The summed E-state index contributed by atoms with van der Waals surface area (Å²) in [5, 5.41) is 6.92. The van der Waals surface area contributed by atoms with Crippen LogP contribution < -0.4 is 10.6 Å². The molecule has 0 saturated carbocycles. The van der Waals surface area contributed by atoms with Gasteiger partial charge in [0.1, 0.15) is 0 Å². The van der Waals surface area contributed by atoms with Crippen molar-refractivity contribution in [2.24, 2.45) is 5.92 Å². The molecule has 1 saturated heterocycles. The molecule has 1 fully saturated rings. The van der Waals surface area contributed by atoms with Crippen molar-refractivity contribution in [3.63, 3.8) is 0 Å². The molecule has 0 bridgehead atoms. The number of amides is 1. The number of carbonyl (C=O) groups is 1. The molecule has 3 rings (SSSR count). The van der Waals surface area contributed by atoms with E-state index in [1.54, 1.807) is 0 Å².